The Labute approximate surface area is 105 Å². The number of pyridine rings is 1. The van der Waals surface area contributed by atoms with E-state index in [0.29, 0.717) is 18.3 Å². The van der Waals surface area contributed by atoms with Crippen LogP contribution in [0, 0.1) is 16.0 Å². The van der Waals surface area contributed by atoms with Crippen molar-refractivity contribution in [1.82, 2.24) is 10.3 Å². The standard InChI is InChI=1S/C11H16N4O3/c1-18-10-3-2-9(15(16)17)11(14-10)13-7-8-4-5-12-6-8/h2-3,8,12H,4-7H2,1H3,(H,13,14). The van der Waals surface area contributed by atoms with Crippen LogP contribution >= 0.6 is 0 Å². The first-order valence-corrected chi connectivity index (χ1v) is 5.84. The first-order valence-electron chi connectivity index (χ1n) is 5.84. The predicted molar refractivity (Wildman–Crippen MR) is 66.9 cm³/mol. The lowest BCUT2D eigenvalue weighted by Gasteiger charge is -2.11. The fourth-order valence-corrected chi connectivity index (χ4v) is 1.95. The number of anilines is 1. The van der Waals surface area contributed by atoms with Crippen LogP contribution in [-0.2, 0) is 0 Å². The van der Waals surface area contributed by atoms with Crippen LogP contribution in [0.2, 0.25) is 0 Å². The average Bonchev–Trinajstić information content (AvgIpc) is 2.88. The monoisotopic (exact) mass is 252 g/mol. The van der Waals surface area contributed by atoms with Gasteiger partial charge in [0.2, 0.25) is 11.7 Å². The summed E-state index contributed by atoms with van der Waals surface area (Å²) in [6, 6.07) is 2.89. The summed E-state index contributed by atoms with van der Waals surface area (Å²) in [5.74, 6) is 1.12. The van der Waals surface area contributed by atoms with Crippen molar-refractivity contribution in [3.05, 3.63) is 22.2 Å². The summed E-state index contributed by atoms with van der Waals surface area (Å²) in [6.07, 6.45) is 1.07. The van der Waals surface area contributed by atoms with Crippen molar-refractivity contribution in [2.45, 2.75) is 6.42 Å². The third kappa shape index (κ3) is 2.86. The molecule has 0 saturated carbocycles. The van der Waals surface area contributed by atoms with Gasteiger partial charge in [0.1, 0.15) is 0 Å². The van der Waals surface area contributed by atoms with Crippen LogP contribution in [-0.4, -0.2) is 36.7 Å². The van der Waals surface area contributed by atoms with Gasteiger partial charge >= 0.3 is 5.69 Å². The summed E-state index contributed by atoms with van der Waals surface area (Å²) < 4.78 is 4.98. The maximum atomic E-state index is 10.9. The second-order valence-electron chi connectivity index (χ2n) is 4.22. The highest BCUT2D eigenvalue weighted by atomic mass is 16.6. The molecule has 0 radical (unpaired) electrons. The zero-order chi connectivity index (χ0) is 13.0. The second-order valence-corrected chi connectivity index (χ2v) is 4.22. The van der Waals surface area contributed by atoms with Gasteiger partial charge in [-0.2, -0.15) is 4.98 Å². The summed E-state index contributed by atoms with van der Waals surface area (Å²) in [4.78, 5) is 14.5. The minimum Gasteiger partial charge on any atom is -0.481 e. The van der Waals surface area contributed by atoms with Crippen molar-refractivity contribution in [1.29, 1.82) is 0 Å². The van der Waals surface area contributed by atoms with Crippen molar-refractivity contribution in [2.75, 3.05) is 32.1 Å². The molecule has 0 bridgehead atoms. The van der Waals surface area contributed by atoms with Crippen LogP contribution in [0.15, 0.2) is 12.1 Å². The Morgan fingerprint density at radius 1 is 1.67 bits per heavy atom. The number of nitro groups is 1. The highest BCUT2D eigenvalue weighted by Gasteiger charge is 2.19. The Hall–Kier alpha value is -1.89. The predicted octanol–water partition coefficient (Wildman–Crippen LogP) is 1.02. The van der Waals surface area contributed by atoms with Gasteiger partial charge in [0, 0.05) is 18.7 Å². The number of aromatic nitrogens is 1. The molecule has 1 saturated heterocycles. The quantitative estimate of drug-likeness (QED) is 0.600. The summed E-state index contributed by atoms with van der Waals surface area (Å²) in [5.41, 5.74) is -0.0262. The molecular formula is C11H16N4O3. The van der Waals surface area contributed by atoms with Gasteiger partial charge in [-0.05, 0) is 25.4 Å². The molecule has 1 unspecified atom stereocenters. The number of nitrogens with zero attached hydrogens (tertiary/aromatic N) is 2. The number of hydrogen-bond acceptors (Lipinski definition) is 6. The van der Waals surface area contributed by atoms with Crippen LogP contribution < -0.4 is 15.4 Å². The number of rotatable bonds is 5. The van der Waals surface area contributed by atoms with E-state index < -0.39 is 4.92 Å². The fraction of sp³-hybridized carbons (Fsp3) is 0.545. The lowest BCUT2D eigenvalue weighted by molar-refractivity contribution is -0.384. The SMILES string of the molecule is COc1ccc([N+](=O)[O-])c(NCC2CCNC2)n1. The average molecular weight is 252 g/mol. The summed E-state index contributed by atoms with van der Waals surface area (Å²) in [7, 11) is 1.48. The van der Waals surface area contributed by atoms with Crippen molar-refractivity contribution in [2.24, 2.45) is 5.92 Å². The van der Waals surface area contributed by atoms with Crippen LogP contribution in [0.5, 0.6) is 5.88 Å². The maximum Gasteiger partial charge on any atom is 0.311 e. The number of nitrogens with one attached hydrogen (secondary N) is 2. The largest absolute Gasteiger partial charge is 0.481 e. The normalized spacial score (nSPS) is 18.6. The smallest absolute Gasteiger partial charge is 0.311 e. The Kier molecular flexibility index (Phi) is 3.93. The maximum absolute atomic E-state index is 10.9. The molecule has 0 aromatic carbocycles. The van der Waals surface area contributed by atoms with Gasteiger partial charge in [-0.25, -0.2) is 0 Å². The zero-order valence-electron chi connectivity index (χ0n) is 10.2. The minimum atomic E-state index is -0.443. The number of methoxy groups -OCH3 is 1. The van der Waals surface area contributed by atoms with E-state index in [9.17, 15) is 10.1 Å². The molecule has 18 heavy (non-hydrogen) atoms. The van der Waals surface area contributed by atoms with E-state index in [-0.39, 0.29) is 11.5 Å². The molecule has 2 heterocycles. The van der Waals surface area contributed by atoms with Gasteiger partial charge in [-0.3, -0.25) is 10.1 Å². The van der Waals surface area contributed by atoms with E-state index in [1.807, 2.05) is 0 Å². The molecule has 1 aliphatic heterocycles. The van der Waals surface area contributed by atoms with E-state index in [4.69, 9.17) is 4.74 Å². The number of ether oxygens (including phenoxy) is 1. The van der Waals surface area contributed by atoms with Crippen LogP contribution in [0.1, 0.15) is 6.42 Å². The fourth-order valence-electron chi connectivity index (χ4n) is 1.95. The van der Waals surface area contributed by atoms with Gasteiger partial charge in [0.25, 0.3) is 0 Å². The Morgan fingerprint density at radius 3 is 3.11 bits per heavy atom. The molecule has 7 nitrogen and oxygen atoms in total. The third-order valence-corrected chi connectivity index (χ3v) is 2.97. The molecule has 1 aliphatic rings. The Morgan fingerprint density at radius 2 is 2.50 bits per heavy atom. The minimum absolute atomic E-state index is 0.0262. The molecule has 0 spiro atoms. The van der Waals surface area contributed by atoms with E-state index >= 15 is 0 Å². The summed E-state index contributed by atoms with van der Waals surface area (Å²) >= 11 is 0. The zero-order valence-corrected chi connectivity index (χ0v) is 10.2. The van der Waals surface area contributed by atoms with Crippen LogP contribution in [0.25, 0.3) is 0 Å². The summed E-state index contributed by atoms with van der Waals surface area (Å²) in [5, 5.41) is 17.2. The lowest BCUT2D eigenvalue weighted by atomic mass is 10.1. The Balaban J connectivity index is 2.10. The van der Waals surface area contributed by atoms with E-state index in [1.54, 1.807) is 0 Å². The van der Waals surface area contributed by atoms with Gasteiger partial charge in [-0.1, -0.05) is 0 Å². The molecule has 1 aromatic rings. The van der Waals surface area contributed by atoms with Crippen LogP contribution in [0.3, 0.4) is 0 Å². The third-order valence-electron chi connectivity index (χ3n) is 2.97. The molecule has 1 aromatic heterocycles. The van der Waals surface area contributed by atoms with Gasteiger partial charge < -0.3 is 15.4 Å². The molecule has 0 aliphatic carbocycles. The van der Waals surface area contributed by atoms with Gasteiger partial charge in [0.15, 0.2) is 0 Å². The highest BCUT2D eigenvalue weighted by molar-refractivity contribution is 5.57. The van der Waals surface area contributed by atoms with E-state index in [2.05, 4.69) is 15.6 Å². The highest BCUT2D eigenvalue weighted by Crippen LogP contribution is 2.25. The van der Waals surface area contributed by atoms with Crippen molar-refractivity contribution >= 4 is 11.5 Å². The summed E-state index contributed by atoms with van der Waals surface area (Å²) in [6.45, 7) is 2.61. The van der Waals surface area contributed by atoms with Gasteiger partial charge in [0.05, 0.1) is 12.0 Å². The number of hydrogen-bond donors (Lipinski definition) is 2. The van der Waals surface area contributed by atoms with Crippen molar-refractivity contribution in [3.8, 4) is 5.88 Å². The van der Waals surface area contributed by atoms with Crippen molar-refractivity contribution < 1.29 is 9.66 Å². The van der Waals surface area contributed by atoms with E-state index in [1.165, 1.54) is 19.2 Å². The first kappa shape index (κ1) is 12.6. The molecular weight excluding hydrogens is 236 g/mol. The molecule has 1 fully saturated rings. The van der Waals surface area contributed by atoms with Crippen molar-refractivity contribution in [3.63, 3.8) is 0 Å². The lowest BCUT2D eigenvalue weighted by Crippen LogP contribution is -2.18. The molecule has 0 amide bonds. The molecule has 7 heteroatoms. The van der Waals surface area contributed by atoms with E-state index in [0.717, 1.165) is 19.5 Å². The topological polar surface area (TPSA) is 89.3 Å². The molecule has 2 N–H and O–H groups in total. The first-order chi connectivity index (χ1) is 8.70. The van der Waals surface area contributed by atoms with Gasteiger partial charge in [-0.15, -0.1) is 0 Å². The second kappa shape index (κ2) is 5.63. The Bertz CT molecular complexity index is 432. The molecule has 1 atom stereocenters. The molecule has 2 rings (SSSR count). The van der Waals surface area contributed by atoms with Crippen LogP contribution in [0.4, 0.5) is 11.5 Å². The molecule has 98 valence electrons.